The molecule has 1 aromatic heterocycles. The van der Waals surface area contributed by atoms with Gasteiger partial charge in [0.2, 0.25) is 17.5 Å². The second-order valence-corrected chi connectivity index (χ2v) is 12.7. The van der Waals surface area contributed by atoms with E-state index in [0.29, 0.717) is 12.0 Å². The molecule has 9 unspecified atom stereocenters. The number of fused-ring (bicyclic) bond motifs is 3. The number of rotatable bonds is 2. The number of benzene rings is 1. The average Bonchev–Trinajstić information content (AvgIpc) is 3.30. The number of aromatic nitrogens is 1. The fourth-order valence-corrected chi connectivity index (χ4v) is 8.13. The van der Waals surface area contributed by atoms with Gasteiger partial charge in [0.1, 0.15) is 11.2 Å². The summed E-state index contributed by atoms with van der Waals surface area (Å²) in [6.07, 6.45) is 7.89. The zero-order chi connectivity index (χ0) is 28.6. The van der Waals surface area contributed by atoms with Gasteiger partial charge in [0, 0.05) is 53.7 Å². The largest absolute Gasteiger partial charge is 0.365 e. The molecule has 2 aliphatic carbocycles. The highest BCUT2D eigenvalue weighted by molar-refractivity contribution is 6.43. The first-order valence-electron chi connectivity index (χ1n) is 14.5. The summed E-state index contributed by atoms with van der Waals surface area (Å²) in [5.74, 6) is -2.61. The molecule has 7 heteroatoms. The van der Waals surface area contributed by atoms with Crippen LogP contribution < -0.4 is 5.32 Å². The number of amides is 1. The van der Waals surface area contributed by atoms with E-state index in [1.54, 1.807) is 6.92 Å². The van der Waals surface area contributed by atoms with Gasteiger partial charge in [-0.15, -0.1) is 0 Å². The van der Waals surface area contributed by atoms with Crippen LogP contribution in [0.5, 0.6) is 0 Å². The van der Waals surface area contributed by atoms with Gasteiger partial charge in [0.05, 0.1) is 11.7 Å². The molecule has 0 radical (unpaired) electrons. The van der Waals surface area contributed by atoms with Crippen LogP contribution in [-0.2, 0) is 23.9 Å². The molecule has 2 aromatic rings. The highest BCUT2D eigenvalue weighted by Gasteiger charge is 2.78. The zero-order valence-corrected chi connectivity index (χ0v) is 23.8. The lowest BCUT2D eigenvalue weighted by Gasteiger charge is -2.46. The van der Waals surface area contributed by atoms with Crippen LogP contribution in [-0.4, -0.2) is 46.0 Å². The Bertz CT molecular complexity index is 1480. The molecule has 1 amide bonds. The number of epoxide rings is 1. The lowest BCUT2D eigenvalue weighted by molar-refractivity contribution is -0.149. The van der Waals surface area contributed by atoms with Crippen molar-refractivity contribution in [2.75, 3.05) is 0 Å². The molecule has 1 aromatic carbocycles. The minimum absolute atomic E-state index is 0.0252. The molecule has 3 heterocycles. The molecule has 40 heavy (non-hydrogen) atoms. The van der Waals surface area contributed by atoms with E-state index >= 15 is 0 Å². The Morgan fingerprint density at radius 3 is 2.60 bits per heavy atom. The van der Waals surface area contributed by atoms with Crippen LogP contribution in [0.25, 0.3) is 10.9 Å². The summed E-state index contributed by atoms with van der Waals surface area (Å²) < 4.78 is 6.37. The van der Waals surface area contributed by atoms with Crippen LogP contribution in [0.4, 0.5) is 0 Å². The predicted octanol–water partition coefficient (Wildman–Crippen LogP) is 4.83. The Balaban J connectivity index is 1.46. The van der Waals surface area contributed by atoms with E-state index in [0.717, 1.165) is 16.5 Å². The first-order chi connectivity index (χ1) is 19.0. The Hall–Kier alpha value is -3.32. The monoisotopic (exact) mass is 542 g/mol. The van der Waals surface area contributed by atoms with Gasteiger partial charge in [0.15, 0.2) is 0 Å². The molecule has 9 atom stereocenters. The number of para-hydroxylation sites is 1. The first-order valence-corrected chi connectivity index (χ1v) is 14.5. The van der Waals surface area contributed by atoms with E-state index in [1.807, 2.05) is 49.5 Å². The Labute approximate surface area is 234 Å². The number of carbonyl (C=O) groups excluding carboxylic acids is 4. The van der Waals surface area contributed by atoms with Crippen molar-refractivity contribution in [2.45, 2.75) is 77.5 Å². The smallest absolute Gasteiger partial charge is 0.235 e. The van der Waals surface area contributed by atoms with Crippen LogP contribution in [0.15, 0.2) is 54.3 Å². The molecule has 7 nitrogen and oxygen atoms in total. The number of hydrogen-bond donors (Lipinski definition) is 2. The van der Waals surface area contributed by atoms with Crippen molar-refractivity contribution in [3.05, 3.63) is 59.8 Å². The lowest BCUT2D eigenvalue weighted by Crippen LogP contribution is -2.58. The molecular formula is C33H38N2O5. The summed E-state index contributed by atoms with van der Waals surface area (Å²) in [7, 11) is 0. The Morgan fingerprint density at radius 2 is 1.82 bits per heavy atom. The van der Waals surface area contributed by atoms with Crippen LogP contribution in [0.1, 0.15) is 65.4 Å². The van der Waals surface area contributed by atoms with Crippen molar-refractivity contribution in [1.82, 2.24) is 10.3 Å². The third-order valence-electron chi connectivity index (χ3n) is 10.5. The molecule has 3 fully saturated rings. The summed E-state index contributed by atoms with van der Waals surface area (Å²) in [5, 5.41) is 4.39. The number of aromatic amines is 1. The van der Waals surface area contributed by atoms with Crippen molar-refractivity contribution < 1.29 is 23.9 Å². The van der Waals surface area contributed by atoms with Crippen molar-refractivity contribution >= 4 is 34.2 Å². The van der Waals surface area contributed by atoms with Gasteiger partial charge >= 0.3 is 0 Å². The number of ether oxygens (including phenoxy) is 1. The topological polar surface area (TPSA) is 109 Å². The number of ketones is 3. The van der Waals surface area contributed by atoms with Gasteiger partial charge in [-0.05, 0) is 49.3 Å². The first kappa shape index (κ1) is 26.9. The maximum absolute atomic E-state index is 14.4. The van der Waals surface area contributed by atoms with Crippen molar-refractivity contribution in [3.63, 3.8) is 0 Å². The normalized spacial score (nSPS) is 40.9. The third-order valence-corrected chi connectivity index (χ3v) is 10.5. The molecule has 210 valence electrons. The summed E-state index contributed by atoms with van der Waals surface area (Å²) >= 11 is 0. The van der Waals surface area contributed by atoms with Gasteiger partial charge < -0.3 is 15.0 Å². The number of Topliss-reactive ketones (excluding diaryl/α,β-unsaturated/α-hetero) is 3. The van der Waals surface area contributed by atoms with E-state index < -0.39 is 28.5 Å². The Kier molecular flexibility index (Phi) is 6.30. The molecule has 2 aliphatic heterocycles. The molecular weight excluding hydrogens is 504 g/mol. The molecule has 0 bridgehead atoms. The standard InChI is InChI=1S/C33H38N2O5/c1-17-9-8-11-23-30-32(5,40-30)20(4)27-28(19(3)22-16-34-24-12-7-6-10-21(22)24)35-31(39)33(23,27)26(37)14-13-25(36)29(38)18(2)15-17/h6-8,10-12,15-17,19-20,23,27-28,30,34H,9,13-14H2,1-5H3,(H,35,39)/b11-8+,18-15-. The fraction of sp³-hybridized carbons (Fsp3) is 0.515. The van der Waals surface area contributed by atoms with E-state index in [2.05, 4.69) is 37.1 Å². The second-order valence-electron chi connectivity index (χ2n) is 12.7. The van der Waals surface area contributed by atoms with Gasteiger partial charge in [-0.3, -0.25) is 19.2 Å². The SMILES string of the molecule is C/C1=C/C(C)C/C=C/C2C3OC3(C)C(C)C3C(C(C)c4c[nH]c5ccccc45)NC(=O)C23C(=O)CCC(=O)C1=O. The molecule has 1 spiro atoms. The third kappa shape index (κ3) is 3.73. The number of allylic oxidation sites excluding steroid dienone is 3. The predicted molar refractivity (Wildman–Crippen MR) is 151 cm³/mol. The van der Waals surface area contributed by atoms with Crippen LogP contribution in [0.2, 0.25) is 0 Å². The van der Waals surface area contributed by atoms with Gasteiger partial charge in [-0.2, -0.15) is 0 Å². The minimum atomic E-state index is -1.37. The van der Waals surface area contributed by atoms with Crippen molar-refractivity contribution in [1.29, 1.82) is 0 Å². The van der Waals surface area contributed by atoms with E-state index in [-0.39, 0.29) is 60.3 Å². The summed E-state index contributed by atoms with van der Waals surface area (Å²) in [6, 6.07) is 7.79. The number of hydrogen-bond acceptors (Lipinski definition) is 5. The van der Waals surface area contributed by atoms with Crippen molar-refractivity contribution in [3.8, 4) is 0 Å². The maximum atomic E-state index is 14.4. The summed E-state index contributed by atoms with van der Waals surface area (Å²) in [4.78, 5) is 57.7. The number of H-pyrrole nitrogens is 1. The molecule has 6 rings (SSSR count). The summed E-state index contributed by atoms with van der Waals surface area (Å²) in [6.45, 7) is 9.96. The van der Waals surface area contributed by atoms with E-state index in [4.69, 9.17) is 4.74 Å². The Morgan fingerprint density at radius 1 is 1.07 bits per heavy atom. The minimum Gasteiger partial charge on any atom is -0.365 e. The highest BCUT2D eigenvalue weighted by Crippen LogP contribution is 2.67. The summed E-state index contributed by atoms with van der Waals surface area (Å²) in [5.41, 5.74) is 0.705. The lowest BCUT2D eigenvalue weighted by atomic mass is 9.50. The van der Waals surface area contributed by atoms with Crippen LogP contribution in [0.3, 0.4) is 0 Å². The molecule has 4 aliphatic rings. The molecule has 2 saturated heterocycles. The number of carbonyl (C=O) groups is 4. The van der Waals surface area contributed by atoms with Gasteiger partial charge in [-0.1, -0.05) is 57.2 Å². The van der Waals surface area contributed by atoms with Gasteiger partial charge in [0.25, 0.3) is 0 Å². The van der Waals surface area contributed by atoms with Crippen LogP contribution >= 0.6 is 0 Å². The molecule has 2 N–H and O–H groups in total. The van der Waals surface area contributed by atoms with Gasteiger partial charge in [-0.25, -0.2) is 0 Å². The average molecular weight is 543 g/mol. The van der Waals surface area contributed by atoms with E-state index in [1.165, 1.54) is 0 Å². The quantitative estimate of drug-likeness (QED) is 0.245. The van der Waals surface area contributed by atoms with Crippen molar-refractivity contribution in [2.24, 2.45) is 29.1 Å². The highest BCUT2D eigenvalue weighted by atomic mass is 16.6. The zero-order valence-electron chi connectivity index (χ0n) is 23.8. The van der Waals surface area contributed by atoms with Crippen LogP contribution in [0, 0.1) is 29.1 Å². The second kappa shape index (κ2) is 9.37. The maximum Gasteiger partial charge on any atom is 0.235 e. The molecule has 1 saturated carbocycles. The fourth-order valence-electron chi connectivity index (χ4n) is 8.13. The number of nitrogens with one attached hydrogen (secondary N) is 2. The van der Waals surface area contributed by atoms with E-state index in [9.17, 15) is 19.2 Å².